The van der Waals surface area contributed by atoms with E-state index >= 15 is 0 Å². The van der Waals surface area contributed by atoms with Gasteiger partial charge in [0.05, 0.1) is 37.0 Å². The van der Waals surface area contributed by atoms with Gasteiger partial charge < -0.3 is 20.1 Å². The molecule has 124 valence electrons. The number of benzene rings is 1. The van der Waals surface area contributed by atoms with Crippen molar-refractivity contribution in [2.75, 3.05) is 24.9 Å². The van der Waals surface area contributed by atoms with Gasteiger partial charge in [-0.2, -0.15) is 5.10 Å². The number of methoxy groups -OCH3 is 2. The molecule has 0 saturated carbocycles. The molecule has 0 bridgehead atoms. The molecule has 0 saturated heterocycles. The fourth-order valence-corrected chi connectivity index (χ4v) is 2.57. The summed E-state index contributed by atoms with van der Waals surface area (Å²) in [5.74, 6) is 1.38. The fourth-order valence-electron chi connectivity index (χ4n) is 2.35. The minimum atomic E-state index is 0.482. The van der Waals surface area contributed by atoms with E-state index in [0.717, 1.165) is 35.1 Å². The van der Waals surface area contributed by atoms with E-state index in [2.05, 4.69) is 22.7 Å². The van der Waals surface area contributed by atoms with Gasteiger partial charge in [0, 0.05) is 12.6 Å². The zero-order chi connectivity index (χ0) is 17.0. The second-order valence-electron chi connectivity index (χ2n) is 5.01. The first-order valence-corrected chi connectivity index (χ1v) is 7.75. The summed E-state index contributed by atoms with van der Waals surface area (Å²) in [6.07, 6.45) is 0. The predicted octanol–water partition coefficient (Wildman–Crippen LogP) is 3.35. The number of hydrogen-bond donors (Lipinski definition) is 2. The molecule has 2 aromatic rings. The van der Waals surface area contributed by atoms with Crippen LogP contribution in [0.25, 0.3) is 0 Å². The van der Waals surface area contributed by atoms with Crippen LogP contribution in [-0.2, 0) is 6.54 Å². The van der Waals surface area contributed by atoms with Crippen molar-refractivity contribution in [3.05, 3.63) is 29.6 Å². The summed E-state index contributed by atoms with van der Waals surface area (Å²) < 4.78 is 12.5. The van der Waals surface area contributed by atoms with Crippen LogP contribution >= 0.6 is 12.2 Å². The Kier molecular flexibility index (Phi) is 5.44. The Bertz CT molecular complexity index is 712. The lowest BCUT2D eigenvalue weighted by atomic mass is 10.2. The molecule has 0 aliphatic rings. The van der Waals surface area contributed by atoms with Gasteiger partial charge in [-0.05, 0) is 45.1 Å². The number of rotatable bonds is 5. The third-order valence-electron chi connectivity index (χ3n) is 3.58. The molecule has 0 atom stereocenters. The molecule has 7 heteroatoms. The lowest BCUT2D eigenvalue weighted by Gasteiger charge is -2.14. The molecule has 0 radical (unpaired) electrons. The van der Waals surface area contributed by atoms with Crippen LogP contribution in [0.3, 0.4) is 0 Å². The third-order valence-corrected chi connectivity index (χ3v) is 3.78. The van der Waals surface area contributed by atoms with Gasteiger partial charge >= 0.3 is 0 Å². The summed E-state index contributed by atoms with van der Waals surface area (Å²) in [6, 6.07) is 5.51. The monoisotopic (exact) mass is 334 g/mol. The molecule has 0 aliphatic carbocycles. The van der Waals surface area contributed by atoms with E-state index in [1.807, 2.05) is 30.7 Å². The Morgan fingerprint density at radius 3 is 2.52 bits per heavy atom. The smallest absolute Gasteiger partial charge is 0.175 e. The van der Waals surface area contributed by atoms with Crippen LogP contribution in [0.2, 0.25) is 0 Å². The Hall–Kier alpha value is -2.28. The van der Waals surface area contributed by atoms with Crippen LogP contribution in [0.5, 0.6) is 11.5 Å². The van der Waals surface area contributed by atoms with Crippen molar-refractivity contribution in [3.8, 4) is 11.5 Å². The molecule has 0 aliphatic heterocycles. The maximum absolute atomic E-state index is 5.41. The Morgan fingerprint density at radius 2 is 1.96 bits per heavy atom. The number of nitrogens with one attached hydrogen (secondary N) is 2. The largest absolute Gasteiger partial charge is 0.497 e. The molecule has 2 rings (SSSR count). The molecule has 1 aromatic heterocycles. The summed E-state index contributed by atoms with van der Waals surface area (Å²) in [5, 5.41) is 11.3. The van der Waals surface area contributed by atoms with Crippen molar-refractivity contribution in [2.45, 2.75) is 27.3 Å². The van der Waals surface area contributed by atoms with Crippen molar-refractivity contribution in [2.24, 2.45) is 0 Å². The SMILES string of the molecule is CCn1nc(C)c(NC(=S)Nc2ccc(OC)cc2OC)c1C. The number of anilines is 2. The topological polar surface area (TPSA) is 60.3 Å². The zero-order valence-corrected chi connectivity index (χ0v) is 14.9. The second-order valence-corrected chi connectivity index (χ2v) is 5.42. The summed E-state index contributed by atoms with van der Waals surface area (Å²) >= 11 is 5.41. The predicted molar refractivity (Wildman–Crippen MR) is 96.8 cm³/mol. The number of thiocarbonyl (C=S) groups is 1. The molecule has 0 unspecified atom stereocenters. The van der Waals surface area contributed by atoms with Crippen molar-refractivity contribution in [1.82, 2.24) is 9.78 Å². The fraction of sp³-hybridized carbons (Fsp3) is 0.375. The highest BCUT2D eigenvalue weighted by atomic mass is 32.1. The minimum absolute atomic E-state index is 0.482. The first-order valence-electron chi connectivity index (χ1n) is 7.34. The van der Waals surface area contributed by atoms with Crippen LogP contribution < -0.4 is 20.1 Å². The molecule has 6 nitrogen and oxygen atoms in total. The van der Waals surface area contributed by atoms with Gasteiger partial charge in [-0.15, -0.1) is 0 Å². The number of aryl methyl sites for hydroxylation is 2. The highest BCUT2D eigenvalue weighted by Crippen LogP contribution is 2.29. The van der Waals surface area contributed by atoms with E-state index < -0.39 is 0 Å². The quantitative estimate of drug-likeness (QED) is 0.818. The van der Waals surface area contributed by atoms with E-state index in [9.17, 15) is 0 Å². The number of hydrogen-bond acceptors (Lipinski definition) is 4. The third kappa shape index (κ3) is 3.73. The van der Waals surface area contributed by atoms with Gasteiger partial charge in [-0.3, -0.25) is 4.68 Å². The summed E-state index contributed by atoms with van der Waals surface area (Å²) in [5.41, 5.74) is 3.66. The molecule has 2 N–H and O–H groups in total. The maximum Gasteiger partial charge on any atom is 0.175 e. The lowest BCUT2D eigenvalue weighted by molar-refractivity contribution is 0.395. The molecule has 0 amide bonds. The van der Waals surface area contributed by atoms with Gasteiger partial charge in [0.2, 0.25) is 0 Å². The van der Waals surface area contributed by atoms with Gasteiger partial charge in [0.1, 0.15) is 11.5 Å². The molecule has 0 spiro atoms. The summed E-state index contributed by atoms with van der Waals surface area (Å²) in [6.45, 7) is 6.85. The van der Waals surface area contributed by atoms with Gasteiger partial charge in [-0.25, -0.2) is 0 Å². The van der Waals surface area contributed by atoms with Gasteiger partial charge in [0.15, 0.2) is 5.11 Å². The average Bonchev–Trinajstić information content (AvgIpc) is 2.82. The first-order chi connectivity index (χ1) is 11.0. The lowest BCUT2D eigenvalue weighted by Crippen LogP contribution is -2.20. The van der Waals surface area contributed by atoms with Gasteiger partial charge in [-0.1, -0.05) is 0 Å². The minimum Gasteiger partial charge on any atom is -0.497 e. The number of nitrogens with zero attached hydrogens (tertiary/aromatic N) is 2. The van der Waals surface area contributed by atoms with Crippen molar-refractivity contribution < 1.29 is 9.47 Å². The summed E-state index contributed by atoms with van der Waals surface area (Å²) in [4.78, 5) is 0. The van der Waals surface area contributed by atoms with Crippen molar-refractivity contribution >= 4 is 28.7 Å². The van der Waals surface area contributed by atoms with Crippen LogP contribution in [0.4, 0.5) is 11.4 Å². The first kappa shape index (κ1) is 17.1. The molecule has 23 heavy (non-hydrogen) atoms. The van der Waals surface area contributed by atoms with Crippen LogP contribution in [0, 0.1) is 13.8 Å². The Morgan fingerprint density at radius 1 is 1.22 bits per heavy atom. The molecule has 1 heterocycles. The number of aromatic nitrogens is 2. The van der Waals surface area contributed by atoms with E-state index in [1.54, 1.807) is 20.3 Å². The van der Waals surface area contributed by atoms with Crippen LogP contribution in [0.1, 0.15) is 18.3 Å². The highest BCUT2D eigenvalue weighted by Gasteiger charge is 2.13. The van der Waals surface area contributed by atoms with Crippen LogP contribution in [0.15, 0.2) is 18.2 Å². The summed E-state index contributed by atoms with van der Waals surface area (Å²) in [7, 11) is 3.22. The van der Waals surface area contributed by atoms with Crippen molar-refractivity contribution in [3.63, 3.8) is 0 Å². The standard InChI is InChI=1S/C16H22N4O2S/c1-6-20-11(3)15(10(2)19-20)18-16(23)17-13-8-7-12(21-4)9-14(13)22-5/h7-9H,6H2,1-5H3,(H2,17,18,23). The Labute approximate surface area is 141 Å². The van der Waals surface area contributed by atoms with Crippen LogP contribution in [-0.4, -0.2) is 29.1 Å². The second kappa shape index (κ2) is 7.32. The normalized spacial score (nSPS) is 10.3. The van der Waals surface area contributed by atoms with E-state index in [4.69, 9.17) is 21.7 Å². The molecular weight excluding hydrogens is 312 g/mol. The van der Waals surface area contributed by atoms with E-state index in [0.29, 0.717) is 10.9 Å². The highest BCUT2D eigenvalue weighted by molar-refractivity contribution is 7.80. The van der Waals surface area contributed by atoms with E-state index in [1.165, 1.54) is 0 Å². The molecule has 0 fully saturated rings. The maximum atomic E-state index is 5.41. The molecule has 1 aromatic carbocycles. The van der Waals surface area contributed by atoms with E-state index in [-0.39, 0.29) is 0 Å². The number of ether oxygens (including phenoxy) is 2. The van der Waals surface area contributed by atoms with Gasteiger partial charge in [0.25, 0.3) is 0 Å². The zero-order valence-electron chi connectivity index (χ0n) is 14.1. The average molecular weight is 334 g/mol. The van der Waals surface area contributed by atoms with Crippen molar-refractivity contribution in [1.29, 1.82) is 0 Å². The molecular formula is C16H22N4O2S. The Balaban J connectivity index is 2.16.